The van der Waals surface area contributed by atoms with Crippen LogP contribution in [-0.2, 0) is 0 Å². The van der Waals surface area contributed by atoms with Gasteiger partial charge < -0.3 is 5.48 Å². The molecule has 0 unspecified atom stereocenters. The van der Waals surface area contributed by atoms with Crippen LogP contribution in [0, 0.1) is 0 Å². The number of hydrogen-bond donors (Lipinski definition) is 0. The zero-order valence-electron chi connectivity index (χ0n) is 15.6. The predicted molar refractivity (Wildman–Crippen MR) is 96.8 cm³/mol. The van der Waals surface area contributed by atoms with Crippen LogP contribution in [-0.4, -0.2) is 15.4 Å². The number of nitrogens with one attached hydrogen (secondary N) is 2. The Morgan fingerprint density at radius 1 is 0.515 bits per heavy atom. The van der Waals surface area contributed by atoms with E-state index in [1.165, 1.54) is 0 Å². The summed E-state index contributed by atoms with van der Waals surface area (Å²) >= 11 is 0. The molecule has 3 rings (SSSR count). The molecule has 190 valence electrons. The molecule has 3 aromatic rings. The monoisotopic (exact) mass is 544 g/mol. The minimum absolute atomic E-state index is 0. The first kappa shape index (κ1) is 30.4. The van der Waals surface area contributed by atoms with Crippen LogP contribution in [0.3, 0.4) is 0 Å². The molecule has 0 radical (unpaired) electrons. The molecule has 5 nitrogen and oxygen atoms in total. The topological polar surface area (TPSA) is 85.6 Å². The maximum atomic E-state index is 9.87. The van der Waals surface area contributed by atoms with Crippen molar-refractivity contribution in [1.29, 1.82) is 0 Å². The van der Waals surface area contributed by atoms with Gasteiger partial charge in [0, 0.05) is 12.4 Å². The molecular weight excluding hydrogens is 530 g/mol. The van der Waals surface area contributed by atoms with Gasteiger partial charge in [0.05, 0.1) is 0 Å². The van der Waals surface area contributed by atoms with Crippen molar-refractivity contribution in [3.63, 3.8) is 0 Å². The van der Waals surface area contributed by atoms with Gasteiger partial charge in [0.15, 0.2) is 0 Å². The molecule has 0 aliphatic heterocycles. The van der Waals surface area contributed by atoms with E-state index in [4.69, 9.17) is 0 Å². The Morgan fingerprint density at radius 2 is 0.788 bits per heavy atom. The Morgan fingerprint density at radius 3 is 1.00 bits per heavy atom. The van der Waals surface area contributed by atoms with Crippen molar-refractivity contribution in [2.75, 3.05) is 0 Å². The fourth-order valence-electron chi connectivity index (χ4n) is 1.82. The normalized spacial score (nSPS) is 15.4. The van der Waals surface area contributed by atoms with Gasteiger partial charge in [0.2, 0.25) is 12.4 Å². The molecule has 0 aliphatic rings. The Bertz CT molecular complexity index is 938. The molecule has 0 atom stereocenters. The summed E-state index contributed by atoms with van der Waals surface area (Å²) in [6, 6.07) is 11.7. The van der Waals surface area contributed by atoms with Gasteiger partial charge in [0.1, 0.15) is 11.4 Å². The summed E-state index contributed by atoms with van der Waals surface area (Å²) in [5.41, 5.74) is 3.62. The molecule has 0 spiro atoms. The Labute approximate surface area is 176 Å². The van der Waals surface area contributed by atoms with Crippen molar-refractivity contribution in [1.82, 2.24) is 9.97 Å². The second kappa shape index (κ2) is 8.29. The second-order valence-electron chi connectivity index (χ2n) is 5.72. The van der Waals surface area contributed by atoms with E-state index in [1.54, 1.807) is 12.4 Å². The number of nitrogens with zero attached hydrogens (tertiary/aromatic N) is 2. The fraction of sp³-hybridized carbons (Fsp3) is 0. The standard InChI is InChI=1S/C14H10N4.2F6P.H2O/c1-3-7-15-11(5-1)13-14(18-10-9-17-13)12-6-2-4-8-16-12;2*1-7(2,3,4,5)6;/h1-10H;;;1H2/q;2*-1;/p+2. The molecular formula is C14H14F12N4OP2. The van der Waals surface area contributed by atoms with E-state index in [1.807, 2.05) is 48.8 Å². The van der Waals surface area contributed by atoms with Crippen LogP contribution in [0.15, 0.2) is 61.2 Å². The van der Waals surface area contributed by atoms with E-state index in [0.29, 0.717) is 0 Å². The van der Waals surface area contributed by atoms with Crippen LogP contribution in [0.5, 0.6) is 0 Å². The summed E-state index contributed by atoms with van der Waals surface area (Å²) in [6.45, 7) is 0. The van der Waals surface area contributed by atoms with Crippen LogP contribution in [0.2, 0.25) is 0 Å². The molecule has 33 heavy (non-hydrogen) atoms. The molecule has 3 heterocycles. The molecule has 19 heteroatoms. The third-order valence-corrected chi connectivity index (χ3v) is 2.63. The SMILES string of the molecule is F[P-](F)(F)(F)(F)F.F[P-](F)(F)(F)(F)F.O.c1ccc(-c2[nH+]cc[nH+]c2-c2ccccn2)nc1. The summed E-state index contributed by atoms with van der Waals surface area (Å²) < 4.78 is 118. The number of halogens is 12. The largest absolute Gasteiger partial charge is 0.412 e. The van der Waals surface area contributed by atoms with Gasteiger partial charge in [-0.05, 0) is 24.3 Å². The van der Waals surface area contributed by atoms with E-state index in [-0.39, 0.29) is 5.48 Å². The van der Waals surface area contributed by atoms with E-state index >= 15 is 0 Å². The van der Waals surface area contributed by atoms with Gasteiger partial charge in [-0.25, -0.2) is 9.97 Å². The van der Waals surface area contributed by atoms with E-state index in [0.717, 1.165) is 22.8 Å². The van der Waals surface area contributed by atoms with Crippen LogP contribution in [0.1, 0.15) is 0 Å². The zero-order valence-corrected chi connectivity index (χ0v) is 17.4. The van der Waals surface area contributed by atoms with Crippen molar-refractivity contribution in [2.24, 2.45) is 0 Å². The first-order valence-corrected chi connectivity index (χ1v) is 11.8. The molecule has 4 N–H and O–H groups in total. The molecule has 0 fully saturated rings. The molecule has 0 amide bonds. The second-order valence-corrected chi connectivity index (χ2v) is 9.55. The number of pyridine rings is 2. The maximum Gasteiger partial charge on any atom is 0.303 e. The van der Waals surface area contributed by atoms with E-state index < -0.39 is 15.6 Å². The van der Waals surface area contributed by atoms with Crippen molar-refractivity contribution in [3.05, 3.63) is 61.2 Å². The third-order valence-electron chi connectivity index (χ3n) is 2.63. The summed E-state index contributed by atoms with van der Waals surface area (Å²) in [7, 11) is -21.3. The Kier molecular flexibility index (Phi) is 7.63. The fourth-order valence-corrected chi connectivity index (χ4v) is 1.82. The van der Waals surface area contributed by atoms with Gasteiger partial charge in [-0.2, -0.15) is 9.97 Å². The summed E-state index contributed by atoms with van der Waals surface area (Å²) in [4.78, 5) is 15.1. The minimum Gasteiger partial charge on any atom is -0.412 e. The summed E-state index contributed by atoms with van der Waals surface area (Å²) in [5, 5.41) is 0. The number of rotatable bonds is 2. The van der Waals surface area contributed by atoms with Crippen molar-refractivity contribution in [2.45, 2.75) is 0 Å². The first-order valence-electron chi connectivity index (χ1n) is 7.73. The zero-order chi connectivity index (χ0) is 25.0. The van der Waals surface area contributed by atoms with Gasteiger partial charge in [-0.1, -0.05) is 12.1 Å². The van der Waals surface area contributed by atoms with E-state index in [2.05, 4.69) is 19.9 Å². The van der Waals surface area contributed by atoms with Crippen LogP contribution in [0.4, 0.5) is 50.4 Å². The summed E-state index contributed by atoms with van der Waals surface area (Å²) in [5.74, 6) is 0. The van der Waals surface area contributed by atoms with Gasteiger partial charge in [-0.3, -0.25) is 0 Å². The molecule has 3 aromatic heterocycles. The Hall–Kier alpha value is -2.64. The van der Waals surface area contributed by atoms with Crippen molar-refractivity contribution in [3.8, 4) is 22.8 Å². The molecule has 0 aromatic carbocycles. The van der Waals surface area contributed by atoms with Gasteiger partial charge >= 0.3 is 77.4 Å². The first-order chi connectivity index (χ1) is 13.8. The predicted octanol–water partition coefficient (Wildman–Crippen LogP) is 7.38. The van der Waals surface area contributed by atoms with Crippen molar-refractivity contribution >= 4 is 15.6 Å². The van der Waals surface area contributed by atoms with E-state index in [9.17, 15) is 50.4 Å². The molecule has 0 bridgehead atoms. The average molecular weight is 544 g/mol. The molecule has 0 aliphatic carbocycles. The smallest absolute Gasteiger partial charge is 0.303 e. The number of H-pyrrole nitrogens is 2. The van der Waals surface area contributed by atoms with Crippen LogP contribution in [0.25, 0.3) is 22.8 Å². The quantitative estimate of drug-likeness (QED) is 0.249. The van der Waals surface area contributed by atoms with Gasteiger partial charge in [-0.15, -0.1) is 0 Å². The minimum atomic E-state index is -10.7. The number of aromatic nitrogens is 4. The molecule has 0 saturated carbocycles. The van der Waals surface area contributed by atoms with Crippen LogP contribution >= 0.6 is 15.6 Å². The number of hydrogen-bond acceptors (Lipinski definition) is 2. The van der Waals surface area contributed by atoms with Crippen molar-refractivity contribution < 1.29 is 65.8 Å². The maximum absolute atomic E-state index is 10.7. The van der Waals surface area contributed by atoms with Crippen LogP contribution < -0.4 is 9.97 Å². The summed E-state index contributed by atoms with van der Waals surface area (Å²) in [6.07, 6.45) is 7.24. The Balaban J connectivity index is 0.000000574. The third kappa shape index (κ3) is 21.0. The average Bonchev–Trinajstić information content (AvgIpc) is 2.58. The van der Waals surface area contributed by atoms with Gasteiger partial charge in [0.25, 0.3) is 0 Å². The number of aromatic amines is 2. The molecule has 0 saturated heterocycles.